The van der Waals surface area contributed by atoms with Crippen LogP contribution in [0.1, 0.15) is 17.0 Å². The first-order chi connectivity index (χ1) is 13.7. The number of carbonyl (C=O) groups excluding carboxylic acids is 2. The zero-order chi connectivity index (χ0) is 19.3. The van der Waals surface area contributed by atoms with Gasteiger partial charge in [-0.05, 0) is 17.2 Å². The summed E-state index contributed by atoms with van der Waals surface area (Å²) in [6.45, 7) is 0.715. The minimum Gasteiger partial charge on any atom is -0.497 e. The fraction of sp³-hybridized carbons (Fsp3) is 0.304. The topological polar surface area (TPSA) is 61.8 Å². The molecule has 3 aliphatic rings. The molecule has 0 aromatic heterocycles. The Morgan fingerprint density at radius 1 is 1.04 bits per heavy atom. The SMILES string of the molecule is COc1ccc2c(c1)OCC1C3C(=O)C=C(OCc4ccccc4)C(=O)C3C21. The van der Waals surface area contributed by atoms with E-state index >= 15 is 0 Å². The predicted molar refractivity (Wildman–Crippen MR) is 101 cm³/mol. The molecule has 1 saturated carbocycles. The zero-order valence-corrected chi connectivity index (χ0v) is 15.5. The molecule has 2 aromatic carbocycles. The fourth-order valence-electron chi connectivity index (χ4n) is 4.72. The summed E-state index contributed by atoms with van der Waals surface area (Å²) in [4.78, 5) is 25.8. The zero-order valence-electron chi connectivity index (χ0n) is 15.5. The molecule has 1 fully saturated rings. The Balaban J connectivity index is 1.41. The van der Waals surface area contributed by atoms with E-state index in [-0.39, 0.29) is 47.6 Å². The van der Waals surface area contributed by atoms with Gasteiger partial charge in [0.05, 0.1) is 13.7 Å². The van der Waals surface area contributed by atoms with E-state index in [1.807, 2.05) is 48.5 Å². The summed E-state index contributed by atoms with van der Waals surface area (Å²) in [5.74, 6) is 0.858. The lowest BCUT2D eigenvalue weighted by Crippen LogP contribution is -2.58. The Hall–Kier alpha value is -3.08. The van der Waals surface area contributed by atoms with Crippen molar-refractivity contribution >= 4 is 11.6 Å². The number of benzene rings is 2. The van der Waals surface area contributed by atoms with Gasteiger partial charge in [0.15, 0.2) is 11.5 Å². The summed E-state index contributed by atoms with van der Waals surface area (Å²) < 4.78 is 16.9. The Morgan fingerprint density at radius 2 is 1.86 bits per heavy atom. The van der Waals surface area contributed by atoms with E-state index in [9.17, 15) is 9.59 Å². The number of methoxy groups -OCH3 is 1. The lowest BCUT2D eigenvalue weighted by Gasteiger charge is -2.53. The van der Waals surface area contributed by atoms with E-state index in [1.165, 1.54) is 6.08 Å². The predicted octanol–water partition coefficient (Wildman–Crippen LogP) is 3.29. The summed E-state index contributed by atoms with van der Waals surface area (Å²) in [6.07, 6.45) is 1.38. The van der Waals surface area contributed by atoms with E-state index < -0.39 is 0 Å². The van der Waals surface area contributed by atoms with Gasteiger partial charge in [-0.25, -0.2) is 0 Å². The molecular formula is C23H20O5. The van der Waals surface area contributed by atoms with Gasteiger partial charge >= 0.3 is 0 Å². The number of ketones is 2. The van der Waals surface area contributed by atoms with Gasteiger partial charge in [0.2, 0.25) is 5.78 Å². The molecule has 1 heterocycles. The molecule has 5 nitrogen and oxygen atoms in total. The highest BCUT2D eigenvalue weighted by Crippen LogP contribution is 2.59. The molecule has 5 heteroatoms. The molecule has 4 atom stereocenters. The number of rotatable bonds is 4. The molecule has 0 saturated heterocycles. The van der Waals surface area contributed by atoms with Crippen LogP contribution in [-0.2, 0) is 20.9 Å². The first-order valence-corrected chi connectivity index (χ1v) is 9.44. The van der Waals surface area contributed by atoms with E-state index in [2.05, 4.69) is 0 Å². The summed E-state index contributed by atoms with van der Waals surface area (Å²) in [6, 6.07) is 15.3. The number of carbonyl (C=O) groups is 2. The highest BCUT2D eigenvalue weighted by molar-refractivity contribution is 6.11. The van der Waals surface area contributed by atoms with Gasteiger partial charge in [0.25, 0.3) is 0 Å². The standard InChI is InChI=1S/C23H20O5/c1-26-14-7-8-15-18(9-14)28-12-16-20(15)22-21(16)17(24)10-19(23(22)25)27-11-13-5-3-2-4-6-13/h2-10,16,20-22H,11-12H2,1H3. The molecule has 2 aliphatic carbocycles. The van der Waals surface area contributed by atoms with Crippen molar-refractivity contribution in [3.05, 3.63) is 71.5 Å². The smallest absolute Gasteiger partial charge is 0.201 e. The van der Waals surface area contributed by atoms with Gasteiger partial charge < -0.3 is 14.2 Å². The van der Waals surface area contributed by atoms with Gasteiger partial charge in [0.1, 0.15) is 18.1 Å². The molecular weight excluding hydrogens is 356 g/mol. The van der Waals surface area contributed by atoms with Crippen LogP contribution in [-0.4, -0.2) is 25.3 Å². The van der Waals surface area contributed by atoms with Crippen LogP contribution in [0.3, 0.4) is 0 Å². The largest absolute Gasteiger partial charge is 0.497 e. The first kappa shape index (κ1) is 17.0. The molecule has 0 amide bonds. The average Bonchev–Trinajstić information content (AvgIpc) is 2.71. The molecule has 0 N–H and O–H groups in total. The second kappa shape index (κ2) is 6.51. The van der Waals surface area contributed by atoms with Crippen molar-refractivity contribution in [2.75, 3.05) is 13.7 Å². The summed E-state index contributed by atoms with van der Waals surface area (Å²) >= 11 is 0. The summed E-state index contributed by atoms with van der Waals surface area (Å²) in [7, 11) is 1.61. The Kier molecular flexibility index (Phi) is 3.97. The van der Waals surface area contributed by atoms with Crippen LogP contribution in [0, 0.1) is 17.8 Å². The number of Topliss-reactive ketones (excluding diaryl/α,β-unsaturated/α-hetero) is 1. The molecule has 142 valence electrons. The molecule has 1 aliphatic heterocycles. The summed E-state index contributed by atoms with van der Waals surface area (Å²) in [5, 5.41) is 0. The van der Waals surface area contributed by atoms with Crippen molar-refractivity contribution in [2.24, 2.45) is 17.8 Å². The number of ether oxygens (including phenoxy) is 3. The molecule has 5 rings (SSSR count). The monoisotopic (exact) mass is 376 g/mol. The Bertz CT molecular complexity index is 978. The van der Waals surface area contributed by atoms with Gasteiger partial charge in [-0.1, -0.05) is 36.4 Å². The molecule has 0 radical (unpaired) electrons. The number of allylic oxidation sites excluding steroid dienone is 2. The Morgan fingerprint density at radius 3 is 2.64 bits per heavy atom. The maximum Gasteiger partial charge on any atom is 0.201 e. The first-order valence-electron chi connectivity index (χ1n) is 9.44. The second-order valence-corrected chi connectivity index (χ2v) is 7.51. The number of hydrogen-bond acceptors (Lipinski definition) is 5. The quantitative estimate of drug-likeness (QED) is 0.819. The van der Waals surface area contributed by atoms with Crippen molar-refractivity contribution in [3.63, 3.8) is 0 Å². The van der Waals surface area contributed by atoms with E-state index in [0.29, 0.717) is 12.4 Å². The van der Waals surface area contributed by atoms with Gasteiger partial charge in [-0.3, -0.25) is 9.59 Å². The second-order valence-electron chi connectivity index (χ2n) is 7.51. The molecule has 0 spiro atoms. The third-order valence-electron chi connectivity index (χ3n) is 6.09. The van der Waals surface area contributed by atoms with Crippen LogP contribution in [0.2, 0.25) is 0 Å². The van der Waals surface area contributed by atoms with E-state index in [1.54, 1.807) is 7.11 Å². The van der Waals surface area contributed by atoms with Crippen LogP contribution in [0.25, 0.3) is 0 Å². The third kappa shape index (κ3) is 2.53. The number of hydrogen-bond donors (Lipinski definition) is 0. The highest BCUT2D eigenvalue weighted by Gasteiger charge is 2.61. The minimum atomic E-state index is -0.371. The maximum atomic E-state index is 13.1. The maximum absolute atomic E-state index is 13.1. The van der Waals surface area contributed by atoms with Crippen LogP contribution in [0.15, 0.2) is 60.4 Å². The lowest BCUT2D eigenvalue weighted by atomic mass is 9.50. The van der Waals surface area contributed by atoms with Crippen molar-refractivity contribution in [1.29, 1.82) is 0 Å². The van der Waals surface area contributed by atoms with Crippen molar-refractivity contribution in [2.45, 2.75) is 12.5 Å². The van der Waals surface area contributed by atoms with Crippen molar-refractivity contribution in [1.82, 2.24) is 0 Å². The average molecular weight is 376 g/mol. The number of fused-ring (bicyclic) bond motifs is 6. The van der Waals surface area contributed by atoms with Gasteiger partial charge in [-0.2, -0.15) is 0 Å². The molecule has 28 heavy (non-hydrogen) atoms. The van der Waals surface area contributed by atoms with Crippen molar-refractivity contribution in [3.8, 4) is 11.5 Å². The van der Waals surface area contributed by atoms with E-state index in [0.717, 1.165) is 16.9 Å². The molecule has 0 bridgehead atoms. The Labute approximate surface area is 162 Å². The van der Waals surface area contributed by atoms with Crippen LogP contribution in [0.4, 0.5) is 0 Å². The van der Waals surface area contributed by atoms with E-state index in [4.69, 9.17) is 14.2 Å². The molecule has 4 unspecified atom stereocenters. The fourth-order valence-corrected chi connectivity index (χ4v) is 4.72. The molecule has 2 aromatic rings. The third-order valence-corrected chi connectivity index (χ3v) is 6.09. The van der Waals surface area contributed by atoms with Crippen LogP contribution >= 0.6 is 0 Å². The minimum absolute atomic E-state index is 0.0138. The lowest BCUT2D eigenvalue weighted by molar-refractivity contribution is -0.149. The van der Waals surface area contributed by atoms with Crippen molar-refractivity contribution < 1.29 is 23.8 Å². The normalized spacial score (nSPS) is 27.4. The van der Waals surface area contributed by atoms with Gasteiger partial charge in [0, 0.05) is 35.8 Å². The van der Waals surface area contributed by atoms with Gasteiger partial charge in [-0.15, -0.1) is 0 Å². The van der Waals surface area contributed by atoms with Crippen LogP contribution < -0.4 is 9.47 Å². The van der Waals surface area contributed by atoms with Crippen LogP contribution in [0.5, 0.6) is 11.5 Å². The highest BCUT2D eigenvalue weighted by atomic mass is 16.5. The summed E-state index contributed by atoms with van der Waals surface area (Å²) in [5.41, 5.74) is 1.93.